The number of thiophene rings is 1. The van der Waals surface area contributed by atoms with Gasteiger partial charge in [0, 0.05) is 30.1 Å². The molecule has 6 heteroatoms. The van der Waals surface area contributed by atoms with Crippen LogP contribution in [-0.2, 0) is 13.0 Å². The number of fused-ring (bicyclic) bond motifs is 1. The van der Waals surface area contributed by atoms with E-state index in [1.807, 2.05) is 0 Å². The van der Waals surface area contributed by atoms with Gasteiger partial charge in [-0.2, -0.15) is 0 Å². The van der Waals surface area contributed by atoms with Crippen molar-refractivity contribution in [3.8, 4) is 0 Å². The largest absolute Gasteiger partial charge is 0.397 e. The highest BCUT2D eigenvalue weighted by atomic mass is 32.1. The van der Waals surface area contributed by atoms with Gasteiger partial charge in [0.2, 0.25) is 0 Å². The third-order valence-electron chi connectivity index (χ3n) is 3.37. The van der Waals surface area contributed by atoms with Gasteiger partial charge < -0.3 is 10.6 Å². The van der Waals surface area contributed by atoms with E-state index in [1.54, 1.807) is 17.4 Å². The summed E-state index contributed by atoms with van der Waals surface area (Å²) < 4.78 is 0. The number of rotatable bonds is 2. The lowest BCUT2D eigenvalue weighted by Gasteiger charge is -2.29. The maximum Gasteiger partial charge on any atom is 0.271 e. The number of anilines is 2. The molecule has 3 rings (SSSR count). The van der Waals surface area contributed by atoms with Crippen LogP contribution in [0.2, 0.25) is 0 Å². The summed E-state index contributed by atoms with van der Waals surface area (Å²) in [6.07, 6.45) is 1.00. The maximum atomic E-state index is 10.7. The number of non-ortho nitro benzene ring substituents is 1. The topological polar surface area (TPSA) is 72.4 Å². The van der Waals surface area contributed by atoms with Crippen molar-refractivity contribution < 1.29 is 4.92 Å². The summed E-state index contributed by atoms with van der Waals surface area (Å²) in [5, 5.41) is 12.8. The van der Waals surface area contributed by atoms with Gasteiger partial charge in [0.1, 0.15) is 0 Å². The van der Waals surface area contributed by atoms with Crippen LogP contribution in [0.4, 0.5) is 17.1 Å². The first kappa shape index (κ1) is 12.0. The molecule has 0 fully saturated rings. The van der Waals surface area contributed by atoms with Crippen LogP contribution in [-0.4, -0.2) is 11.5 Å². The second-order valence-electron chi connectivity index (χ2n) is 4.54. The minimum absolute atomic E-state index is 0.0366. The van der Waals surface area contributed by atoms with E-state index in [2.05, 4.69) is 16.3 Å². The van der Waals surface area contributed by atoms with Gasteiger partial charge in [0.05, 0.1) is 16.3 Å². The molecule has 0 saturated heterocycles. The Morgan fingerprint density at radius 2 is 2.21 bits per heavy atom. The summed E-state index contributed by atoms with van der Waals surface area (Å²) in [6.45, 7) is 1.72. The number of nitro benzene ring substituents is 1. The van der Waals surface area contributed by atoms with Crippen LogP contribution >= 0.6 is 11.3 Å². The Kier molecular flexibility index (Phi) is 2.87. The molecule has 0 unspecified atom stereocenters. The molecule has 0 aliphatic carbocycles. The molecule has 0 spiro atoms. The lowest BCUT2D eigenvalue weighted by atomic mass is 10.1. The van der Waals surface area contributed by atoms with Crippen molar-refractivity contribution >= 4 is 28.4 Å². The minimum atomic E-state index is -0.423. The average molecular weight is 275 g/mol. The molecule has 1 aliphatic rings. The van der Waals surface area contributed by atoms with E-state index in [0.717, 1.165) is 25.2 Å². The lowest BCUT2D eigenvalue weighted by Crippen LogP contribution is -2.29. The SMILES string of the molecule is Nc1cc([N+](=O)[O-])ccc1N1CCc2sccc2C1. The third kappa shape index (κ3) is 2.15. The Balaban J connectivity index is 1.90. The predicted octanol–water partition coefficient (Wildman–Crippen LogP) is 2.80. The van der Waals surface area contributed by atoms with Gasteiger partial charge in [-0.1, -0.05) is 0 Å². The Labute approximate surface area is 114 Å². The second kappa shape index (κ2) is 4.55. The third-order valence-corrected chi connectivity index (χ3v) is 4.39. The summed E-state index contributed by atoms with van der Waals surface area (Å²) in [7, 11) is 0. The number of nitrogens with two attached hydrogens (primary N) is 1. The van der Waals surface area contributed by atoms with Gasteiger partial charge in [-0.3, -0.25) is 10.1 Å². The molecular formula is C13H13N3O2S. The molecule has 1 aromatic carbocycles. The molecule has 2 N–H and O–H groups in total. The normalized spacial score (nSPS) is 14.2. The summed E-state index contributed by atoms with van der Waals surface area (Å²) in [6, 6.07) is 6.81. The standard InChI is InChI=1S/C13H13N3O2S/c14-11-7-10(16(17)18)1-2-12(11)15-5-3-13-9(8-15)4-6-19-13/h1-2,4,6-7H,3,5,8,14H2. The van der Waals surface area contributed by atoms with Gasteiger partial charge in [-0.15, -0.1) is 11.3 Å². The molecule has 0 radical (unpaired) electrons. The van der Waals surface area contributed by atoms with Crippen LogP contribution < -0.4 is 10.6 Å². The molecule has 2 aromatic rings. The van der Waals surface area contributed by atoms with E-state index in [9.17, 15) is 10.1 Å². The number of nitrogen functional groups attached to an aromatic ring is 1. The fourth-order valence-electron chi connectivity index (χ4n) is 2.40. The van der Waals surface area contributed by atoms with Gasteiger partial charge in [0.25, 0.3) is 5.69 Å². The van der Waals surface area contributed by atoms with E-state index in [4.69, 9.17) is 5.73 Å². The van der Waals surface area contributed by atoms with Gasteiger partial charge in [-0.25, -0.2) is 0 Å². The molecular weight excluding hydrogens is 262 g/mol. The molecule has 0 saturated carbocycles. The van der Waals surface area contributed by atoms with E-state index in [-0.39, 0.29) is 5.69 Å². The Morgan fingerprint density at radius 3 is 2.95 bits per heavy atom. The van der Waals surface area contributed by atoms with E-state index in [1.165, 1.54) is 22.6 Å². The average Bonchev–Trinajstić information content (AvgIpc) is 2.85. The van der Waals surface area contributed by atoms with Crippen molar-refractivity contribution in [3.05, 3.63) is 50.2 Å². The van der Waals surface area contributed by atoms with Crippen molar-refractivity contribution in [3.63, 3.8) is 0 Å². The van der Waals surface area contributed by atoms with E-state index >= 15 is 0 Å². The molecule has 1 aliphatic heterocycles. The molecule has 19 heavy (non-hydrogen) atoms. The maximum absolute atomic E-state index is 10.7. The summed E-state index contributed by atoms with van der Waals surface area (Å²) in [5.41, 5.74) is 8.65. The summed E-state index contributed by atoms with van der Waals surface area (Å²) >= 11 is 1.79. The molecule has 0 amide bonds. The molecule has 1 aromatic heterocycles. The number of nitro groups is 1. The highest BCUT2D eigenvalue weighted by molar-refractivity contribution is 7.10. The zero-order valence-electron chi connectivity index (χ0n) is 10.2. The summed E-state index contributed by atoms with van der Waals surface area (Å²) in [5.74, 6) is 0. The Bertz CT molecular complexity index is 639. The first-order valence-corrected chi connectivity index (χ1v) is 6.87. The zero-order chi connectivity index (χ0) is 13.4. The minimum Gasteiger partial charge on any atom is -0.397 e. The quantitative estimate of drug-likeness (QED) is 0.519. The highest BCUT2D eigenvalue weighted by Crippen LogP contribution is 2.32. The molecule has 2 heterocycles. The zero-order valence-corrected chi connectivity index (χ0v) is 11.0. The number of benzene rings is 1. The number of nitrogens with zero attached hydrogens (tertiary/aromatic N) is 2. The highest BCUT2D eigenvalue weighted by Gasteiger charge is 2.20. The first-order valence-electron chi connectivity index (χ1n) is 5.99. The van der Waals surface area contributed by atoms with Crippen molar-refractivity contribution in [1.82, 2.24) is 0 Å². The monoisotopic (exact) mass is 275 g/mol. The summed E-state index contributed by atoms with van der Waals surface area (Å²) in [4.78, 5) is 13.9. The van der Waals surface area contributed by atoms with E-state index < -0.39 is 4.92 Å². The molecule has 98 valence electrons. The van der Waals surface area contributed by atoms with Gasteiger partial charge >= 0.3 is 0 Å². The molecule has 0 atom stereocenters. The van der Waals surface area contributed by atoms with Crippen molar-refractivity contribution in [2.45, 2.75) is 13.0 Å². The lowest BCUT2D eigenvalue weighted by molar-refractivity contribution is -0.384. The van der Waals surface area contributed by atoms with Crippen molar-refractivity contribution in [1.29, 1.82) is 0 Å². The van der Waals surface area contributed by atoms with Crippen LogP contribution in [0, 0.1) is 10.1 Å². The predicted molar refractivity (Wildman–Crippen MR) is 76.6 cm³/mol. The molecule has 5 nitrogen and oxygen atoms in total. The Morgan fingerprint density at radius 1 is 1.37 bits per heavy atom. The van der Waals surface area contributed by atoms with Crippen LogP contribution in [0.5, 0.6) is 0 Å². The van der Waals surface area contributed by atoms with E-state index in [0.29, 0.717) is 5.69 Å². The van der Waals surface area contributed by atoms with Gasteiger partial charge in [0.15, 0.2) is 0 Å². The fraction of sp³-hybridized carbons (Fsp3) is 0.231. The smallest absolute Gasteiger partial charge is 0.271 e. The van der Waals surface area contributed by atoms with Crippen LogP contribution in [0.25, 0.3) is 0 Å². The van der Waals surface area contributed by atoms with Crippen LogP contribution in [0.1, 0.15) is 10.4 Å². The van der Waals surface area contributed by atoms with Crippen molar-refractivity contribution in [2.75, 3.05) is 17.2 Å². The van der Waals surface area contributed by atoms with Crippen LogP contribution in [0.3, 0.4) is 0 Å². The Hall–Kier alpha value is -2.08. The van der Waals surface area contributed by atoms with Crippen LogP contribution in [0.15, 0.2) is 29.6 Å². The number of hydrogen-bond acceptors (Lipinski definition) is 5. The number of hydrogen-bond donors (Lipinski definition) is 1. The second-order valence-corrected chi connectivity index (χ2v) is 5.54. The van der Waals surface area contributed by atoms with Gasteiger partial charge in [-0.05, 0) is 29.5 Å². The first-order chi connectivity index (χ1) is 9.15. The van der Waals surface area contributed by atoms with Crippen molar-refractivity contribution in [2.24, 2.45) is 0 Å². The molecule has 0 bridgehead atoms. The fourth-order valence-corrected chi connectivity index (χ4v) is 3.29.